The van der Waals surface area contributed by atoms with E-state index in [2.05, 4.69) is 28.3 Å². The quantitative estimate of drug-likeness (QED) is 0.705. The van der Waals surface area contributed by atoms with Crippen molar-refractivity contribution in [2.45, 2.75) is 26.2 Å². The summed E-state index contributed by atoms with van der Waals surface area (Å²) < 4.78 is 0. The molecule has 0 fully saturated rings. The van der Waals surface area contributed by atoms with Gasteiger partial charge in [0.2, 0.25) is 0 Å². The average molecular weight is 379 g/mol. The lowest BCUT2D eigenvalue weighted by Crippen LogP contribution is -2.28. The van der Waals surface area contributed by atoms with Crippen LogP contribution in [0.2, 0.25) is 0 Å². The molecule has 1 N–H and O–H groups in total. The average Bonchev–Trinajstić information content (AvgIpc) is 3.35. The van der Waals surface area contributed by atoms with E-state index in [-0.39, 0.29) is 5.91 Å². The summed E-state index contributed by atoms with van der Waals surface area (Å²) in [6.07, 6.45) is 6.42. The van der Waals surface area contributed by atoms with Gasteiger partial charge in [0.1, 0.15) is 5.82 Å². The molecule has 0 unspecified atom stereocenters. The Morgan fingerprint density at radius 1 is 1.19 bits per heavy atom. The van der Waals surface area contributed by atoms with E-state index in [1.807, 2.05) is 41.4 Å². The molecule has 0 atom stereocenters. The molecule has 138 valence electrons. The molecule has 0 spiro atoms. The maximum atomic E-state index is 12.8. The van der Waals surface area contributed by atoms with Crippen LogP contribution in [-0.4, -0.2) is 29.0 Å². The maximum Gasteiger partial charge on any atom is 0.259 e. The summed E-state index contributed by atoms with van der Waals surface area (Å²) >= 11 is 1.76. The second-order valence-electron chi connectivity index (χ2n) is 6.52. The van der Waals surface area contributed by atoms with Gasteiger partial charge in [0, 0.05) is 42.5 Å². The number of rotatable bonds is 6. The molecule has 1 aliphatic rings. The first kappa shape index (κ1) is 17.7. The third kappa shape index (κ3) is 3.85. The summed E-state index contributed by atoms with van der Waals surface area (Å²) in [5.41, 5.74) is 2.86. The van der Waals surface area contributed by atoms with Gasteiger partial charge in [-0.15, -0.1) is 11.3 Å². The number of benzene rings is 1. The van der Waals surface area contributed by atoms with Crippen molar-refractivity contribution >= 4 is 28.7 Å². The minimum absolute atomic E-state index is 0.00822. The summed E-state index contributed by atoms with van der Waals surface area (Å²) in [4.78, 5) is 24.8. The Hall–Kier alpha value is -2.73. The van der Waals surface area contributed by atoms with Gasteiger partial charge >= 0.3 is 0 Å². The largest absolute Gasteiger partial charge is 0.370 e. The van der Waals surface area contributed by atoms with Crippen LogP contribution in [0.25, 0.3) is 0 Å². The molecule has 0 saturated carbocycles. The lowest BCUT2D eigenvalue weighted by molar-refractivity contribution is 0.0989. The molecule has 3 aromatic rings. The molecule has 3 heterocycles. The van der Waals surface area contributed by atoms with E-state index in [9.17, 15) is 4.79 Å². The predicted molar refractivity (Wildman–Crippen MR) is 110 cm³/mol. The van der Waals surface area contributed by atoms with E-state index in [0.29, 0.717) is 5.56 Å². The Labute approximate surface area is 163 Å². The second kappa shape index (κ2) is 7.88. The van der Waals surface area contributed by atoms with Gasteiger partial charge in [-0.3, -0.25) is 4.79 Å². The van der Waals surface area contributed by atoms with Crippen LogP contribution in [0.1, 0.15) is 32.7 Å². The number of carbonyl (C=O) groups excluding carboxylic acids is 1. The van der Waals surface area contributed by atoms with E-state index < -0.39 is 0 Å². The Morgan fingerprint density at radius 2 is 2.07 bits per heavy atom. The molecular weight excluding hydrogens is 356 g/mol. The Kier molecular flexibility index (Phi) is 5.16. The predicted octanol–water partition coefficient (Wildman–Crippen LogP) is 3.96. The number of hydrogen-bond donors (Lipinski definition) is 1. The van der Waals surface area contributed by atoms with E-state index in [0.717, 1.165) is 48.9 Å². The van der Waals surface area contributed by atoms with Gasteiger partial charge in [-0.05, 0) is 36.6 Å². The van der Waals surface area contributed by atoms with Crippen LogP contribution in [0, 0.1) is 0 Å². The molecule has 1 amide bonds. The first-order valence-corrected chi connectivity index (χ1v) is 10.1. The molecule has 0 bridgehead atoms. The molecule has 6 heteroatoms. The summed E-state index contributed by atoms with van der Waals surface area (Å²) in [5.74, 6) is 0.787. The van der Waals surface area contributed by atoms with Crippen molar-refractivity contribution in [2.24, 2.45) is 0 Å². The highest BCUT2D eigenvalue weighted by molar-refractivity contribution is 7.11. The number of para-hydroxylation sites is 1. The third-order valence-corrected chi connectivity index (χ3v) is 5.94. The van der Waals surface area contributed by atoms with Gasteiger partial charge < -0.3 is 10.2 Å². The van der Waals surface area contributed by atoms with E-state index in [4.69, 9.17) is 0 Å². The molecule has 4 rings (SSSR count). The molecule has 1 aromatic carbocycles. The number of nitrogens with zero attached hydrogens (tertiary/aromatic N) is 3. The SMILES string of the molecule is CCc1cnc(CCNc2ccc(C(=O)N3CCc4ccccc43)cn2)s1. The molecule has 27 heavy (non-hydrogen) atoms. The molecule has 5 nitrogen and oxygen atoms in total. The van der Waals surface area contributed by atoms with Crippen LogP contribution in [0.5, 0.6) is 0 Å². The van der Waals surface area contributed by atoms with Gasteiger partial charge in [-0.1, -0.05) is 25.1 Å². The van der Waals surface area contributed by atoms with E-state index in [1.165, 1.54) is 10.4 Å². The Bertz CT molecular complexity index is 935. The fraction of sp³-hybridized carbons (Fsp3) is 0.286. The molecule has 0 aliphatic carbocycles. The highest BCUT2D eigenvalue weighted by Crippen LogP contribution is 2.28. The number of amides is 1. The minimum Gasteiger partial charge on any atom is -0.370 e. The maximum absolute atomic E-state index is 12.8. The van der Waals surface area contributed by atoms with Crippen molar-refractivity contribution in [1.29, 1.82) is 0 Å². The zero-order valence-electron chi connectivity index (χ0n) is 15.3. The van der Waals surface area contributed by atoms with E-state index >= 15 is 0 Å². The number of nitrogens with one attached hydrogen (secondary N) is 1. The van der Waals surface area contributed by atoms with Crippen LogP contribution < -0.4 is 10.2 Å². The number of fused-ring (bicyclic) bond motifs is 1. The molecule has 2 aromatic heterocycles. The smallest absolute Gasteiger partial charge is 0.259 e. The van der Waals surface area contributed by atoms with Crippen LogP contribution in [-0.2, 0) is 19.3 Å². The molecule has 1 aliphatic heterocycles. The lowest BCUT2D eigenvalue weighted by atomic mass is 10.2. The monoisotopic (exact) mass is 378 g/mol. The topological polar surface area (TPSA) is 58.1 Å². The fourth-order valence-electron chi connectivity index (χ4n) is 3.25. The summed E-state index contributed by atoms with van der Waals surface area (Å²) in [6, 6.07) is 11.8. The molecular formula is C21H22N4OS. The second-order valence-corrected chi connectivity index (χ2v) is 7.72. The van der Waals surface area contributed by atoms with Crippen LogP contribution in [0.3, 0.4) is 0 Å². The third-order valence-electron chi connectivity index (χ3n) is 4.74. The standard InChI is InChI=1S/C21H22N4OS/c1-2-17-14-24-20(27-17)9-11-22-19-8-7-16(13-23-19)21(26)25-12-10-15-5-3-4-6-18(15)25/h3-8,13-14H,2,9-12H2,1H3,(H,22,23). The number of anilines is 2. The number of aromatic nitrogens is 2. The van der Waals surface area contributed by atoms with Gasteiger partial charge in [-0.25, -0.2) is 9.97 Å². The summed E-state index contributed by atoms with van der Waals surface area (Å²) in [5, 5.41) is 4.44. The summed E-state index contributed by atoms with van der Waals surface area (Å²) in [6.45, 7) is 3.64. The van der Waals surface area contributed by atoms with Crippen molar-refractivity contribution in [2.75, 3.05) is 23.3 Å². The van der Waals surface area contributed by atoms with Crippen molar-refractivity contribution in [1.82, 2.24) is 9.97 Å². The van der Waals surface area contributed by atoms with Gasteiger partial charge in [0.05, 0.1) is 10.6 Å². The van der Waals surface area contributed by atoms with Crippen LogP contribution >= 0.6 is 11.3 Å². The van der Waals surface area contributed by atoms with Gasteiger partial charge in [0.25, 0.3) is 5.91 Å². The van der Waals surface area contributed by atoms with Crippen LogP contribution in [0.4, 0.5) is 11.5 Å². The normalized spacial score (nSPS) is 12.9. The van der Waals surface area contributed by atoms with Crippen molar-refractivity contribution in [3.8, 4) is 0 Å². The molecule has 0 saturated heterocycles. The fourth-order valence-corrected chi connectivity index (χ4v) is 4.12. The van der Waals surface area contributed by atoms with E-state index in [1.54, 1.807) is 17.5 Å². The number of pyridine rings is 1. The van der Waals surface area contributed by atoms with Crippen LogP contribution in [0.15, 0.2) is 48.8 Å². The Balaban J connectivity index is 1.35. The lowest BCUT2D eigenvalue weighted by Gasteiger charge is -2.17. The zero-order chi connectivity index (χ0) is 18.6. The highest BCUT2D eigenvalue weighted by Gasteiger charge is 2.25. The number of aryl methyl sites for hydroxylation is 1. The van der Waals surface area contributed by atoms with Gasteiger partial charge in [-0.2, -0.15) is 0 Å². The van der Waals surface area contributed by atoms with Crippen molar-refractivity contribution < 1.29 is 4.79 Å². The zero-order valence-corrected chi connectivity index (χ0v) is 16.1. The molecule has 0 radical (unpaired) electrons. The number of carbonyl (C=O) groups is 1. The Morgan fingerprint density at radius 3 is 2.85 bits per heavy atom. The highest BCUT2D eigenvalue weighted by atomic mass is 32.1. The first-order chi connectivity index (χ1) is 13.2. The number of thiazole rings is 1. The summed E-state index contributed by atoms with van der Waals surface area (Å²) in [7, 11) is 0. The number of hydrogen-bond acceptors (Lipinski definition) is 5. The van der Waals surface area contributed by atoms with Gasteiger partial charge in [0.15, 0.2) is 0 Å². The minimum atomic E-state index is 0.00822. The first-order valence-electron chi connectivity index (χ1n) is 9.28. The van der Waals surface area contributed by atoms with Crippen molar-refractivity contribution in [3.63, 3.8) is 0 Å². The van der Waals surface area contributed by atoms with Crippen molar-refractivity contribution in [3.05, 3.63) is 69.8 Å².